The number of hydrogen-bond acceptors (Lipinski definition) is 8. The van der Waals surface area contributed by atoms with Crippen LogP contribution in [0.2, 0.25) is 0 Å². The fourth-order valence-corrected chi connectivity index (χ4v) is 4.07. The molecule has 0 aliphatic carbocycles. The van der Waals surface area contributed by atoms with Crippen LogP contribution in [0, 0.1) is 17.2 Å². The highest BCUT2D eigenvalue weighted by Crippen LogP contribution is 2.38. The zero-order chi connectivity index (χ0) is 25.3. The molecule has 0 spiro atoms. The average molecular weight is 486 g/mol. The van der Waals surface area contributed by atoms with Crippen LogP contribution >= 0.6 is 0 Å². The molecule has 11 heteroatoms. The van der Waals surface area contributed by atoms with Gasteiger partial charge in [-0.25, -0.2) is 0 Å². The van der Waals surface area contributed by atoms with E-state index >= 15 is 0 Å². The number of phenolic OH excluding ortho intramolecular Hbond substituents is 1. The van der Waals surface area contributed by atoms with Crippen molar-refractivity contribution in [2.45, 2.75) is 33.7 Å². The summed E-state index contributed by atoms with van der Waals surface area (Å²) in [5, 5.41) is 19.6. The van der Waals surface area contributed by atoms with Crippen molar-refractivity contribution in [3.8, 4) is 5.75 Å². The minimum absolute atomic E-state index is 0.0779. The van der Waals surface area contributed by atoms with Gasteiger partial charge in [0.2, 0.25) is 0 Å². The van der Waals surface area contributed by atoms with Gasteiger partial charge in [0.1, 0.15) is 17.6 Å². The van der Waals surface area contributed by atoms with Gasteiger partial charge in [0, 0.05) is 31.6 Å². The van der Waals surface area contributed by atoms with E-state index in [1.165, 1.54) is 0 Å². The fourth-order valence-electron chi connectivity index (χ4n) is 4.07. The number of para-hydroxylation sites is 1. The first-order chi connectivity index (χ1) is 16.5. The first-order valence-corrected chi connectivity index (χ1v) is 11.6. The normalized spacial score (nSPS) is 15.7. The number of aromatic nitrogens is 2. The molecule has 11 nitrogen and oxygen atoms in total. The summed E-state index contributed by atoms with van der Waals surface area (Å²) in [6.07, 6.45) is 0. The number of carbonyl (C=O) groups excluding carboxylic acids is 1. The Kier molecular flexibility index (Phi) is 6.62. The molecule has 1 atom stereocenters. The van der Waals surface area contributed by atoms with Crippen molar-refractivity contribution in [3.63, 3.8) is 0 Å². The van der Waals surface area contributed by atoms with Crippen LogP contribution in [0.3, 0.4) is 0 Å². The van der Waals surface area contributed by atoms with E-state index in [0.29, 0.717) is 23.4 Å². The van der Waals surface area contributed by atoms with Gasteiger partial charge in [0.25, 0.3) is 11.7 Å². The quantitative estimate of drug-likeness (QED) is 0.390. The van der Waals surface area contributed by atoms with E-state index in [0.717, 1.165) is 18.8 Å². The second-order valence-electron chi connectivity index (χ2n) is 9.99. The number of amides is 1. The van der Waals surface area contributed by atoms with E-state index in [1.807, 2.05) is 46.9 Å². The number of nitrogens with zero attached hydrogens (tertiary/aromatic N) is 3. The van der Waals surface area contributed by atoms with Crippen LogP contribution in [-0.4, -0.2) is 59.2 Å². The fraction of sp³-hybridized carbons (Fsp3) is 0.458. The van der Waals surface area contributed by atoms with Gasteiger partial charge in [-0.05, 0) is 43.1 Å². The van der Waals surface area contributed by atoms with Crippen LogP contribution in [0.4, 0.5) is 17.3 Å². The summed E-state index contributed by atoms with van der Waals surface area (Å²) in [7, 11) is 2.01. The molecule has 1 aliphatic heterocycles. The Bertz CT molecular complexity index is 1250. The molecule has 3 heterocycles. The third kappa shape index (κ3) is 5.19. The van der Waals surface area contributed by atoms with E-state index in [9.17, 15) is 14.8 Å². The van der Waals surface area contributed by atoms with Gasteiger partial charge in [0.05, 0.1) is 11.3 Å². The van der Waals surface area contributed by atoms with Gasteiger partial charge in [-0.2, -0.15) is 0 Å². The highest BCUT2D eigenvalue weighted by atomic mass is 16.7. The molecule has 4 rings (SSSR count). The third-order valence-corrected chi connectivity index (χ3v) is 6.16. The van der Waals surface area contributed by atoms with Gasteiger partial charge in [-0.15, -0.1) is 4.63 Å². The molecule has 188 valence electrons. The summed E-state index contributed by atoms with van der Waals surface area (Å²) in [6.45, 7) is 10.7. The van der Waals surface area contributed by atoms with Gasteiger partial charge in [-0.3, -0.25) is 10.1 Å². The van der Waals surface area contributed by atoms with Gasteiger partial charge < -0.3 is 24.6 Å². The zero-order valence-electron chi connectivity index (χ0n) is 20.7. The van der Waals surface area contributed by atoms with Crippen molar-refractivity contribution < 1.29 is 23.5 Å². The molecule has 1 saturated heterocycles. The molecule has 0 unspecified atom stereocenters. The molecular formula is C24H33N6O5+. The Morgan fingerprint density at radius 1 is 1.17 bits per heavy atom. The highest BCUT2D eigenvalue weighted by molar-refractivity contribution is 5.99. The average Bonchev–Trinajstić information content (AvgIpc) is 3.38. The standard InChI is InChI=1S/C24H32N6O5/c1-15-9-10-18(34-15)20(24(2,3)4)26-22-21(27-35-30(22)33)25-17-8-6-7-16(19(17)31)23(32)29-13-11-28(5)12-14-29/h6-10,20H,11-14H2,1-5H3,(H3-,25,26,27,31,32,33)/p+1/t20-/m0/s1. The number of H-pyrrole nitrogens is 1. The number of rotatable bonds is 6. The van der Waals surface area contributed by atoms with Crippen molar-refractivity contribution in [1.29, 1.82) is 0 Å². The van der Waals surface area contributed by atoms with E-state index in [4.69, 9.17) is 9.05 Å². The predicted molar refractivity (Wildman–Crippen MR) is 130 cm³/mol. The van der Waals surface area contributed by atoms with Crippen molar-refractivity contribution in [2.24, 2.45) is 5.41 Å². The number of benzene rings is 1. The smallest absolute Gasteiger partial charge is 0.367 e. The van der Waals surface area contributed by atoms with Crippen LogP contribution in [0.25, 0.3) is 0 Å². The summed E-state index contributed by atoms with van der Waals surface area (Å²) in [5.74, 6) is 1.25. The van der Waals surface area contributed by atoms with Gasteiger partial charge >= 0.3 is 5.82 Å². The number of carbonyl (C=O) groups is 1. The van der Waals surface area contributed by atoms with Crippen molar-refractivity contribution in [3.05, 3.63) is 52.3 Å². The van der Waals surface area contributed by atoms with Crippen LogP contribution in [0.1, 0.15) is 48.7 Å². The number of piperazine rings is 1. The number of hydrogen-bond donors (Lipinski definition) is 4. The summed E-state index contributed by atoms with van der Waals surface area (Å²) in [4.78, 5) is 29.4. The van der Waals surface area contributed by atoms with Crippen molar-refractivity contribution in [2.75, 3.05) is 43.9 Å². The van der Waals surface area contributed by atoms with Crippen molar-refractivity contribution in [1.82, 2.24) is 15.0 Å². The lowest BCUT2D eigenvalue weighted by atomic mass is 9.85. The largest absolute Gasteiger partial charge is 0.505 e. The number of aromatic hydroxyl groups is 1. The van der Waals surface area contributed by atoms with Crippen molar-refractivity contribution >= 4 is 23.2 Å². The summed E-state index contributed by atoms with van der Waals surface area (Å²) in [6, 6.07) is 8.25. The lowest BCUT2D eigenvalue weighted by Crippen LogP contribution is -2.47. The molecule has 35 heavy (non-hydrogen) atoms. The SMILES string of the molecule is Cc1ccc([C@H](Nc2c(Nc3cccc(C(=O)N4CCN(C)CC4)c3O)[nH]o[n+]2=O)C(C)(C)C)o1. The first-order valence-electron chi connectivity index (χ1n) is 11.6. The number of furan rings is 1. The number of aryl methyl sites for hydroxylation is 1. The van der Waals surface area contributed by atoms with E-state index in [1.54, 1.807) is 23.1 Å². The third-order valence-electron chi connectivity index (χ3n) is 6.16. The number of phenols is 1. The summed E-state index contributed by atoms with van der Waals surface area (Å²) < 4.78 is 11.1. The Balaban J connectivity index is 1.60. The molecule has 1 fully saturated rings. The van der Waals surface area contributed by atoms with Crippen LogP contribution in [0.5, 0.6) is 5.75 Å². The highest BCUT2D eigenvalue weighted by Gasteiger charge is 2.35. The molecule has 4 N–H and O–H groups in total. The second-order valence-corrected chi connectivity index (χ2v) is 9.99. The number of likely N-dealkylation sites (N-methyl/N-ethyl adjacent to an activating group) is 1. The van der Waals surface area contributed by atoms with E-state index in [2.05, 4.69) is 20.7 Å². The maximum atomic E-state index is 13.0. The number of anilines is 3. The second kappa shape index (κ2) is 9.49. The topological polar surface area (TPSA) is 133 Å². The minimum Gasteiger partial charge on any atom is -0.505 e. The molecule has 2 aromatic heterocycles. The number of nitrogens with one attached hydrogen (secondary N) is 3. The molecule has 0 radical (unpaired) electrons. The molecule has 1 aliphatic rings. The Morgan fingerprint density at radius 2 is 1.89 bits per heavy atom. The van der Waals surface area contributed by atoms with Gasteiger partial charge in [-0.1, -0.05) is 32.0 Å². The lowest BCUT2D eigenvalue weighted by Gasteiger charge is -2.32. The molecule has 0 bridgehead atoms. The number of aromatic amines is 1. The molecule has 3 aromatic rings. The molecule has 1 amide bonds. The predicted octanol–water partition coefficient (Wildman–Crippen LogP) is 3.46. The van der Waals surface area contributed by atoms with Crippen LogP contribution < -0.4 is 15.2 Å². The first kappa shape index (κ1) is 24.4. The summed E-state index contributed by atoms with van der Waals surface area (Å²) in [5.41, 5.74) is 0.126. The van der Waals surface area contributed by atoms with E-state index < -0.39 is 0 Å². The summed E-state index contributed by atoms with van der Waals surface area (Å²) >= 11 is 0. The Morgan fingerprint density at radius 3 is 2.51 bits per heavy atom. The minimum atomic E-state index is -0.360. The molecule has 0 saturated carbocycles. The monoisotopic (exact) mass is 485 g/mol. The maximum absolute atomic E-state index is 13.0. The van der Waals surface area contributed by atoms with Crippen LogP contribution in [-0.2, 0) is 0 Å². The molecule has 1 aromatic carbocycles. The molecular weight excluding hydrogens is 452 g/mol. The Hall–Kier alpha value is -3.73. The maximum Gasteiger partial charge on any atom is 0.367 e. The van der Waals surface area contributed by atoms with E-state index in [-0.39, 0.29) is 46.0 Å². The van der Waals surface area contributed by atoms with Gasteiger partial charge in [0.15, 0.2) is 10.3 Å². The zero-order valence-corrected chi connectivity index (χ0v) is 20.7. The Labute approximate surface area is 203 Å². The lowest BCUT2D eigenvalue weighted by molar-refractivity contribution is -0.701. The van der Waals surface area contributed by atoms with Crippen LogP contribution in [0.15, 0.2) is 39.4 Å².